The molecule has 1 saturated carbocycles. The Hall–Kier alpha value is -1.06. The Morgan fingerprint density at radius 2 is 2.07 bits per heavy atom. The van der Waals surface area contributed by atoms with Gasteiger partial charge in [0, 0.05) is 6.92 Å². The number of carbonyl (C=O) groups is 2. The van der Waals surface area contributed by atoms with Crippen LogP contribution in [0.15, 0.2) is 0 Å². The van der Waals surface area contributed by atoms with E-state index in [1.54, 1.807) is 0 Å². The molecule has 4 heteroatoms. The van der Waals surface area contributed by atoms with E-state index in [9.17, 15) is 9.59 Å². The van der Waals surface area contributed by atoms with Gasteiger partial charge in [0.1, 0.15) is 0 Å². The number of carboxylic acid groups (broad SMARTS) is 1. The zero-order valence-corrected chi connectivity index (χ0v) is 8.67. The highest BCUT2D eigenvalue weighted by Gasteiger charge is 2.41. The average Bonchev–Trinajstić information content (AvgIpc) is 2.01. The lowest BCUT2D eigenvalue weighted by Crippen LogP contribution is -2.54. The third kappa shape index (κ3) is 2.25. The smallest absolute Gasteiger partial charge is 0.308 e. The third-order valence-electron chi connectivity index (χ3n) is 2.97. The molecule has 0 heterocycles. The van der Waals surface area contributed by atoms with Crippen molar-refractivity contribution in [2.45, 2.75) is 45.1 Å². The first-order valence-electron chi connectivity index (χ1n) is 4.97. The first-order chi connectivity index (χ1) is 6.46. The minimum atomic E-state index is -0.805. The van der Waals surface area contributed by atoms with Gasteiger partial charge in [-0.05, 0) is 19.8 Å². The minimum Gasteiger partial charge on any atom is -0.481 e. The van der Waals surface area contributed by atoms with Gasteiger partial charge in [-0.3, -0.25) is 9.59 Å². The van der Waals surface area contributed by atoms with Gasteiger partial charge in [0.25, 0.3) is 0 Å². The van der Waals surface area contributed by atoms with Crippen LogP contribution in [0.1, 0.15) is 39.5 Å². The van der Waals surface area contributed by atoms with Crippen molar-refractivity contribution in [3.63, 3.8) is 0 Å². The van der Waals surface area contributed by atoms with E-state index in [0.717, 1.165) is 19.3 Å². The highest BCUT2D eigenvalue weighted by atomic mass is 16.4. The summed E-state index contributed by atoms with van der Waals surface area (Å²) in [6.07, 6.45) is 3.34. The number of aliphatic carboxylic acids is 1. The van der Waals surface area contributed by atoms with Crippen molar-refractivity contribution in [1.82, 2.24) is 5.32 Å². The summed E-state index contributed by atoms with van der Waals surface area (Å²) in [5.74, 6) is -1.40. The molecule has 80 valence electrons. The number of nitrogens with one attached hydrogen (secondary N) is 1. The fraction of sp³-hybridized carbons (Fsp3) is 0.800. The number of rotatable bonds is 2. The summed E-state index contributed by atoms with van der Waals surface area (Å²) >= 11 is 0. The molecule has 1 rings (SSSR count). The molecule has 0 aromatic heterocycles. The van der Waals surface area contributed by atoms with Crippen molar-refractivity contribution in [2.75, 3.05) is 0 Å². The van der Waals surface area contributed by atoms with E-state index in [4.69, 9.17) is 5.11 Å². The van der Waals surface area contributed by atoms with Crippen LogP contribution in [0, 0.1) is 5.92 Å². The van der Waals surface area contributed by atoms with Crippen LogP contribution in [0.2, 0.25) is 0 Å². The summed E-state index contributed by atoms with van der Waals surface area (Å²) in [5, 5.41) is 11.8. The molecule has 2 unspecified atom stereocenters. The Labute approximate surface area is 83.7 Å². The van der Waals surface area contributed by atoms with Crippen molar-refractivity contribution >= 4 is 11.9 Å². The molecule has 1 aliphatic rings. The summed E-state index contributed by atoms with van der Waals surface area (Å²) in [5.41, 5.74) is -0.560. The molecule has 0 bridgehead atoms. The van der Waals surface area contributed by atoms with Crippen molar-refractivity contribution in [3.8, 4) is 0 Å². The number of hydrogen-bond donors (Lipinski definition) is 2. The first-order valence-corrected chi connectivity index (χ1v) is 4.97. The highest BCUT2D eigenvalue weighted by molar-refractivity contribution is 5.77. The standard InChI is InChI=1S/C10H17NO3/c1-7(12)11-10(2)6-4-3-5-8(10)9(13)14/h8H,3-6H2,1-2H3,(H,11,12)(H,13,14). The summed E-state index contributed by atoms with van der Waals surface area (Å²) in [7, 11) is 0. The second-order valence-electron chi connectivity index (χ2n) is 4.24. The fourth-order valence-corrected chi connectivity index (χ4v) is 2.28. The Bertz CT molecular complexity index is 252. The normalized spacial score (nSPS) is 32.3. The largest absolute Gasteiger partial charge is 0.481 e. The minimum absolute atomic E-state index is 0.152. The average molecular weight is 199 g/mol. The van der Waals surface area contributed by atoms with E-state index < -0.39 is 17.4 Å². The maximum absolute atomic E-state index is 11.0. The molecule has 2 N–H and O–H groups in total. The first kappa shape index (κ1) is 11.0. The SMILES string of the molecule is CC(=O)NC1(C)CCCCC1C(=O)O. The molecule has 1 fully saturated rings. The summed E-state index contributed by atoms with van der Waals surface area (Å²) in [6.45, 7) is 3.26. The molecular formula is C10H17NO3. The third-order valence-corrected chi connectivity index (χ3v) is 2.97. The Morgan fingerprint density at radius 3 is 2.57 bits per heavy atom. The van der Waals surface area contributed by atoms with E-state index in [0.29, 0.717) is 6.42 Å². The zero-order chi connectivity index (χ0) is 10.8. The van der Waals surface area contributed by atoms with E-state index in [-0.39, 0.29) is 5.91 Å². The highest BCUT2D eigenvalue weighted by Crippen LogP contribution is 2.33. The van der Waals surface area contributed by atoms with Gasteiger partial charge < -0.3 is 10.4 Å². The molecule has 14 heavy (non-hydrogen) atoms. The molecule has 2 atom stereocenters. The van der Waals surface area contributed by atoms with E-state index in [1.165, 1.54) is 6.92 Å². The molecule has 0 spiro atoms. The Balaban J connectivity index is 2.79. The van der Waals surface area contributed by atoms with Gasteiger partial charge in [-0.2, -0.15) is 0 Å². The Kier molecular flexibility index (Phi) is 3.13. The van der Waals surface area contributed by atoms with Crippen molar-refractivity contribution in [3.05, 3.63) is 0 Å². The van der Waals surface area contributed by atoms with Crippen molar-refractivity contribution in [1.29, 1.82) is 0 Å². The molecule has 0 saturated heterocycles. The molecule has 0 aromatic carbocycles. The molecule has 1 amide bonds. The molecule has 1 aliphatic carbocycles. The lowest BCUT2D eigenvalue weighted by Gasteiger charge is -2.39. The summed E-state index contributed by atoms with van der Waals surface area (Å²) < 4.78 is 0. The van der Waals surface area contributed by atoms with Gasteiger partial charge in [-0.25, -0.2) is 0 Å². The molecule has 0 aliphatic heterocycles. The quantitative estimate of drug-likeness (QED) is 0.701. The van der Waals surface area contributed by atoms with Crippen LogP contribution < -0.4 is 5.32 Å². The van der Waals surface area contributed by atoms with Gasteiger partial charge in [0.15, 0.2) is 0 Å². The number of hydrogen-bond acceptors (Lipinski definition) is 2. The van der Waals surface area contributed by atoms with Crippen molar-refractivity contribution < 1.29 is 14.7 Å². The van der Waals surface area contributed by atoms with Crippen LogP contribution in [-0.2, 0) is 9.59 Å². The van der Waals surface area contributed by atoms with Gasteiger partial charge in [0.2, 0.25) is 5.91 Å². The predicted octanol–water partition coefficient (Wildman–Crippen LogP) is 1.16. The maximum atomic E-state index is 11.0. The summed E-state index contributed by atoms with van der Waals surface area (Å²) in [6, 6.07) is 0. The second kappa shape index (κ2) is 3.98. The van der Waals surface area contributed by atoms with Crippen LogP contribution >= 0.6 is 0 Å². The van der Waals surface area contributed by atoms with Crippen LogP contribution in [-0.4, -0.2) is 22.5 Å². The fourth-order valence-electron chi connectivity index (χ4n) is 2.28. The van der Waals surface area contributed by atoms with Crippen LogP contribution in [0.5, 0.6) is 0 Å². The van der Waals surface area contributed by atoms with Gasteiger partial charge in [-0.1, -0.05) is 12.8 Å². The van der Waals surface area contributed by atoms with Crippen LogP contribution in [0.3, 0.4) is 0 Å². The second-order valence-corrected chi connectivity index (χ2v) is 4.24. The Morgan fingerprint density at radius 1 is 1.43 bits per heavy atom. The van der Waals surface area contributed by atoms with E-state index in [2.05, 4.69) is 5.32 Å². The van der Waals surface area contributed by atoms with E-state index in [1.807, 2.05) is 6.92 Å². The van der Waals surface area contributed by atoms with Crippen LogP contribution in [0.4, 0.5) is 0 Å². The summed E-state index contributed by atoms with van der Waals surface area (Å²) in [4.78, 5) is 22.0. The predicted molar refractivity (Wildman–Crippen MR) is 51.8 cm³/mol. The zero-order valence-electron chi connectivity index (χ0n) is 8.67. The van der Waals surface area contributed by atoms with Gasteiger partial charge in [-0.15, -0.1) is 0 Å². The molecule has 0 aromatic rings. The van der Waals surface area contributed by atoms with Gasteiger partial charge in [0.05, 0.1) is 11.5 Å². The monoisotopic (exact) mass is 199 g/mol. The lowest BCUT2D eigenvalue weighted by molar-refractivity contribution is -0.146. The maximum Gasteiger partial charge on any atom is 0.308 e. The van der Waals surface area contributed by atoms with Gasteiger partial charge >= 0.3 is 5.97 Å². The molecule has 4 nitrogen and oxygen atoms in total. The van der Waals surface area contributed by atoms with E-state index >= 15 is 0 Å². The number of amides is 1. The molecular weight excluding hydrogens is 182 g/mol. The number of carbonyl (C=O) groups excluding carboxylic acids is 1. The molecule has 0 radical (unpaired) electrons. The van der Waals surface area contributed by atoms with Crippen LogP contribution in [0.25, 0.3) is 0 Å². The lowest BCUT2D eigenvalue weighted by atomic mass is 9.74. The van der Waals surface area contributed by atoms with Crippen molar-refractivity contribution in [2.24, 2.45) is 5.92 Å². The number of carboxylic acids is 1. The topological polar surface area (TPSA) is 66.4 Å².